The first-order chi connectivity index (χ1) is 19.6. The number of alkyl halides is 2. The van der Waals surface area contributed by atoms with E-state index in [0.29, 0.717) is 49.5 Å². The molecule has 2 bridgehead atoms. The van der Waals surface area contributed by atoms with Gasteiger partial charge in [-0.15, -0.1) is 0 Å². The van der Waals surface area contributed by atoms with Crippen molar-refractivity contribution in [3.63, 3.8) is 0 Å². The van der Waals surface area contributed by atoms with Crippen LogP contribution in [0.1, 0.15) is 30.4 Å². The highest BCUT2D eigenvalue weighted by atomic mass is 19.3. The highest BCUT2D eigenvalue weighted by Gasteiger charge is 2.55. The lowest BCUT2D eigenvalue weighted by atomic mass is 10.0. The van der Waals surface area contributed by atoms with Crippen LogP contribution in [0.5, 0.6) is 34.5 Å². The molecule has 2 aliphatic heterocycles. The van der Waals surface area contributed by atoms with E-state index >= 15 is 8.78 Å². The molecule has 0 unspecified atom stereocenters. The first-order valence-corrected chi connectivity index (χ1v) is 13.2. The Morgan fingerprint density at radius 1 is 0.829 bits per heavy atom. The van der Waals surface area contributed by atoms with Gasteiger partial charge in [0.1, 0.15) is 6.04 Å². The number of carbonyl (C=O) groups excluding carboxylic acids is 2. The van der Waals surface area contributed by atoms with Crippen LogP contribution in [-0.2, 0) is 21.9 Å². The number of benzene rings is 2. The molecule has 0 aromatic heterocycles. The third kappa shape index (κ3) is 5.51. The predicted octanol–water partition coefficient (Wildman–Crippen LogP) is 3.66. The van der Waals surface area contributed by atoms with Crippen LogP contribution in [0, 0.1) is 0 Å². The minimum Gasteiger partial charge on any atom is -0.493 e. The zero-order chi connectivity index (χ0) is 29.9. The summed E-state index contributed by atoms with van der Waals surface area (Å²) in [6.07, 6.45) is 2.05. The summed E-state index contributed by atoms with van der Waals surface area (Å²) < 4.78 is 63.1. The van der Waals surface area contributed by atoms with Gasteiger partial charge >= 0.3 is 5.92 Å². The Balaban J connectivity index is 1.47. The average Bonchev–Trinajstić information content (AvgIpc) is 3.33. The quantitative estimate of drug-likeness (QED) is 0.377. The lowest BCUT2D eigenvalue weighted by Gasteiger charge is -2.41. The van der Waals surface area contributed by atoms with E-state index in [1.165, 1.54) is 28.4 Å². The van der Waals surface area contributed by atoms with Gasteiger partial charge in [0, 0.05) is 18.7 Å². The van der Waals surface area contributed by atoms with E-state index in [1.807, 2.05) is 12.1 Å². The molecule has 2 heterocycles. The number of piperazine rings is 1. The topological polar surface area (TPSA) is 96.0 Å². The average molecular weight is 579 g/mol. The number of methoxy groups -OCH3 is 6. The van der Waals surface area contributed by atoms with Crippen molar-refractivity contribution in [2.24, 2.45) is 0 Å². The van der Waals surface area contributed by atoms with Crippen molar-refractivity contribution in [1.82, 2.24) is 9.80 Å². The number of halogens is 2. The Labute approximate surface area is 238 Å². The molecule has 12 heteroatoms. The maximum atomic E-state index is 15.7. The van der Waals surface area contributed by atoms with Gasteiger partial charge in [-0.1, -0.05) is 0 Å². The first kappa shape index (κ1) is 30.0. The molecule has 2 aromatic rings. The molecular formula is C29H36F2N2O8. The zero-order valence-electron chi connectivity index (χ0n) is 24.1. The van der Waals surface area contributed by atoms with Crippen molar-refractivity contribution in [2.45, 2.75) is 43.7 Å². The molecule has 2 saturated heterocycles. The second kappa shape index (κ2) is 12.3. The number of aryl methyl sites for hydroxylation is 1. The predicted molar refractivity (Wildman–Crippen MR) is 145 cm³/mol. The van der Waals surface area contributed by atoms with Crippen LogP contribution >= 0.6 is 0 Å². The number of hydrogen-bond donors (Lipinski definition) is 0. The van der Waals surface area contributed by atoms with Crippen molar-refractivity contribution in [3.05, 3.63) is 35.4 Å². The Morgan fingerprint density at radius 2 is 1.34 bits per heavy atom. The van der Waals surface area contributed by atoms with Crippen molar-refractivity contribution in [1.29, 1.82) is 0 Å². The van der Waals surface area contributed by atoms with Crippen LogP contribution in [0.2, 0.25) is 0 Å². The van der Waals surface area contributed by atoms with Crippen LogP contribution in [0.25, 0.3) is 0 Å². The van der Waals surface area contributed by atoms with Crippen LogP contribution < -0.4 is 28.4 Å². The van der Waals surface area contributed by atoms with Gasteiger partial charge in [0.05, 0.1) is 48.7 Å². The largest absolute Gasteiger partial charge is 0.493 e. The molecular weight excluding hydrogens is 542 g/mol. The van der Waals surface area contributed by atoms with Crippen molar-refractivity contribution >= 4 is 11.8 Å². The van der Waals surface area contributed by atoms with E-state index in [4.69, 9.17) is 28.4 Å². The molecule has 4 rings (SSSR count). The Bertz CT molecular complexity index is 1240. The number of carbonyl (C=O) groups is 2. The molecule has 0 aliphatic carbocycles. The highest BCUT2D eigenvalue weighted by Crippen LogP contribution is 2.45. The summed E-state index contributed by atoms with van der Waals surface area (Å²) in [7, 11) is 8.59. The minimum absolute atomic E-state index is 0.00490. The van der Waals surface area contributed by atoms with E-state index in [0.717, 1.165) is 22.6 Å². The lowest BCUT2D eigenvalue weighted by molar-refractivity contribution is -0.170. The molecule has 0 spiro atoms. The third-order valence-corrected chi connectivity index (χ3v) is 7.68. The molecule has 0 N–H and O–H groups in total. The summed E-state index contributed by atoms with van der Waals surface area (Å²) in [5.41, 5.74) is 0.338. The van der Waals surface area contributed by atoms with E-state index in [-0.39, 0.29) is 29.7 Å². The monoisotopic (exact) mass is 578 g/mol. The van der Waals surface area contributed by atoms with Crippen LogP contribution in [-0.4, -0.2) is 89.4 Å². The number of hydrogen-bond acceptors (Lipinski definition) is 8. The minimum atomic E-state index is -3.91. The fourth-order valence-electron chi connectivity index (χ4n) is 5.67. The van der Waals surface area contributed by atoms with Gasteiger partial charge in [0.15, 0.2) is 23.0 Å². The van der Waals surface area contributed by atoms with E-state index in [9.17, 15) is 9.59 Å². The molecule has 2 amide bonds. The van der Waals surface area contributed by atoms with Gasteiger partial charge in [-0.3, -0.25) is 9.59 Å². The summed E-state index contributed by atoms with van der Waals surface area (Å²) in [5, 5.41) is 0. The van der Waals surface area contributed by atoms with Gasteiger partial charge in [0.2, 0.25) is 17.4 Å². The van der Waals surface area contributed by atoms with E-state index in [1.54, 1.807) is 19.1 Å². The SMILES string of the molecule is COc1cc(CCCN2C[C@H]3CC[C@@H](C2=O)N3C(=O)C(F)(F)c2cc(OC)c(OC)c(OC)c2)cc(OC)c1OC. The van der Waals surface area contributed by atoms with Crippen molar-refractivity contribution < 1.29 is 46.8 Å². The molecule has 10 nitrogen and oxygen atoms in total. The normalized spacial score (nSPS) is 18.3. The van der Waals surface area contributed by atoms with Crippen LogP contribution in [0.3, 0.4) is 0 Å². The second-order valence-corrected chi connectivity index (χ2v) is 9.87. The molecule has 2 aromatic carbocycles. The number of ether oxygens (including phenoxy) is 6. The summed E-state index contributed by atoms with van der Waals surface area (Å²) in [4.78, 5) is 29.4. The fraction of sp³-hybridized carbons (Fsp3) is 0.517. The lowest BCUT2D eigenvalue weighted by Crippen LogP contribution is -2.61. The molecule has 2 fully saturated rings. The maximum Gasteiger partial charge on any atom is 0.350 e. The summed E-state index contributed by atoms with van der Waals surface area (Å²) in [6.45, 7) is 0.620. The Kier molecular flexibility index (Phi) is 8.98. The summed E-state index contributed by atoms with van der Waals surface area (Å²) in [6, 6.07) is 4.39. The number of rotatable bonds is 12. The van der Waals surface area contributed by atoms with Crippen molar-refractivity contribution in [2.75, 3.05) is 55.7 Å². The zero-order valence-corrected chi connectivity index (χ0v) is 24.1. The van der Waals surface area contributed by atoms with Crippen LogP contribution in [0.15, 0.2) is 24.3 Å². The second-order valence-electron chi connectivity index (χ2n) is 9.87. The van der Waals surface area contributed by atoms with Gasteiger partial charge < -0.3 is 38.2 Å². The molecule has 224 valence electrons. The van der Waals surface area contributed by atoms with E-state index < -0.39 is 29.5 Å². The molecule has 2 atom stereocenters. The summed E-state index contributed by atoms with van der Waals surface area (Å²) in [5.74, 6) is -3.93. The fourth-order valence-corrected chi connectivity index (χ4v) is 5.67. The Hall–Kier alpha value is -3.96. The number of nitrogens with zero attached hydrogens (tertiary/aromatic N) is 2. The van der Waals surface area contributed by atoms with Crippen molar-refractivity contribution in [3.8, 4) is 34.5 Å². The van der Waals surface area contributed by atoms with Gasteiger partial charge in [-0.25, -0.2) is 0 Å². The van der Waals surface area contributed by atoms with E-state index in [2.05, 4.69) is 0 Å². The number of amides is 2. The van der Waals surface area contributed by atoms with Gasteiger partial charge in [0.25, 0.3) is 5.91 Å². The van der Waals surface area contributed by atoms with Gasteiger partial charge in [-0.2, -0.15) is 8.78 Å². The molecule has 2 aliphatic rings. The smallest absolute Gasteiger partial charge is 0.350 e. The van der Waals surface area contributed by atoms with Gasteiger partial charge in [-0.05, 0) is 55.5 Å². The maximum absolute atomic E-state index is 15.7. The molecule has 0 saturated carbocycles. The molecule has 41 heavy (non-hydrogen) atoms. The molecule has 0 radical (unpaired) electrons. The Morgan fingerprint density at radius 3 is 1.83 bits per heavy atom. The third-order valence-electron chi connectivity index (χ3n) is 7.68. The van der Waals surface area contributed by atoms with Crippen LogP contribution in [0.4, 0.5) is 8.78 Å². The standard InChI is InChI=1S/C29H36F2N2O8/c1-36-21-12-17(13-22(37-2)25(21)40-5)8-7-11-32-16-19-9-10-20(27(32)34)33(19)28(35)29(30,31)18-14-23(38-3)26(41-6)24(15-18)39-4/h12-15,19-20H,7-11,16H2,1-6H3/t19-,20+/m1/s1. The number of fused-ring (bicyclic) bond motifs is 2. The first-order valence-electron chi connectivity index (χ1n) is 13.2. The summed E-state index contributed by atoms with van der Waals surface area (Å²) >= 11 is 0. The highest BCUT2D eigenvalue weighted by molar-refractivity contribution is 5.93. The number of likely N-dealkylation sites (tertiary alicyclic amines) is 1.